The maximum absolute atomic E-state index is 13.0. The summed E-state index contributed by atoms with van der Waals surface area (Å²) in [6, 6.07) is 11.2. The minimum Gasteiger partial charge on any atom is -0.447 e. The lowest BCUT2D eigenvalue weighted by atomic mass is 9.76. The zero-order valence-electron chi connectivity index (χ0n) is 19.7. The Labute approximate surface area is 196 Å². The average Bonchev–Trinajstić information content (AvgIpc) is 2.78. The summed E-state index contributed by atoms with van der Waals surface area (Å²) in [6.07, 6.45) is 4.14. The Morgan fingerprint density at radius 1 is 1.30 bits per heavy atom. The van der Waals surface area contributed by atoms with Gasteiger partial charge in [0.1, 0.15) is 18.2 Å². The van der Waals surface area contributed by atoms with Crippen molar-refractivity contribution in [2.75, 3.05) is 13.2 Å². The third kappa shape index (κ3) is 8.91. The number of allylic oxidation sites excluding steroid dienone is 1. The van der Waals surface area contributed by atoms with Gasteiger partial charge < -0.3 is 25.0 Å². The van der Waals surface area contributed by atoms with Crippen LogP contribution in [0.15, 0.2) is 42.0 Å². The van der Waals surface area contributed by atoms with Gasteiger partial charge in [-0.1, -0.05) is 57.2 Å². The number of nitrogens with one attached hydrogen (secondary N) is 1. The summed E-state index contributed by atoms with van der Waals surface area (Å²) in [4.78, 5) is 26.9. The molecule has 3 N–H and O–H groups in total. The molecule has 0 radical (unpaired) electrons. The van der Waals surface area contributed by atoms with E-state index in [1.807, 2.05) is 57.2 Å². The summed E-state index contributed by atoms with van der Waals surface area (Å²) in [5, 5.41) is 31.3. The fraction of sp³-hybridized carbons (Fsp3) is 0.542. The monoisotopic (exact) mass is 455 g/mol. The van der Waals surface area contributed by atoms with E-state index in [1.165, 1.54) is 0 Å². The molecule has 33 heavy (non-hydrogen) atoms. The molecule has 8 nitrogen and oxygen atoms in total. The molecular formula is C24H34BN3O5. The van der Waals surface area contributed by atoms with Gasteiger partial charge in [-0.3, -0.25) is 4.79 Å². The zero-order valence-corrected chi connectivity index (χ0v) is 19.7. The lowest BCUT2D eigenvalue weighted by Gasteiger charge is -2.35. The molecule has 178 valence electrons. The molecule has 0 spiro atoms. The highest BCUT2D eigenvalue weighted by Crippen LogP contribution is 2.23. The first-order chi connectivity index (χ1) is 15.6. The van der Waals surface area contributed by atoms with Gasteiger partial charge in [0.2, 0.25) is 0 Å². The maximum Gasteiger partial charge on any atom is 0.475 e. The van der Waals surface area contributed by atoms with E-state index in [4.69, 9.17) is 4.74 Å². The highest BCUT2D eigenvalue weighted by molar-refractivity contribution is 6.43. The van der Waals surface area contributed by atoms with Crippen LogP contribution in [-0.2, 0) is 16.0 Å². The van der Waals surface area contributed by atoms with Crippen molar-refractivity contribution in [2.24, 2.45) is 5.41 Å². The lowest BCUT2D eigenvalue weighted by molar-refractivity contribution is -0.131. The Kier molecular flexibility index (Phi) is 9.95. The third-order valence-corrected chi connectivity index (χ3v) is 5.47. The summed E-state index contributed by atoms with van der Waals surface area (Å²) in [6.45, 7) is 6.22. The van der Waals surface area contributed by atoms with E-state index in [-0.39, 0.29) is 29.5 Å². The van der Waals surface area contributed by atoms with Gasteiger partial charge in [0.25, 0.3) is 5.91 Å². The minimum atomic E-state index is -1.73. The quantitative estimate of drug-likeness (QED) is 0.315. The number of ether oxygens (including phenoxy) is 1. The number of benzene rings is 1. The minimum absolute atomic E-state index is 0.0290. The molecule has 1 fully saturated rings. The summed E-state index contributed by atoms with van der Waals surface area (Å²) < 4.78 is 5.34. The average molecular weight is 455 g/mol. The normalized spacial score (nSPS) is 17.6. The first-order valence-corrected chi connectivity index (χ1v) is 11.4. The van der Waals surface area contributed by atoms with Crippen LogP contribution >= 0.6 is 0 Å². The number of hydrogen-bond donors (Lipinski definition) is 3. The molecule has 2 atom stereocenters. The predicted octanol–water partition coefficient (Wildman–Crippen LogP) is 2.60. The van der Waals surface area contributed by atoms with Crippen LogP contribution in [-0.4, -0.2) is 59.2 Å². The fourth-order valence-electron chi connectivity index (χ4n) is 3.80. The SMILES string of the molecule is CC(C)(C)C=C(C#N)C(=O)N1CCCC[C@@H]1COC(=O)N[C@@H](CCc1ccccc1)B(O)O. The topological polar surface area (TPSA) is 123 Å². The number of rotatable bonds is 8. The number of aryl methyl sites for hydroxylation is 1. The van der Waals surface area contributed by atoms with Crippen molar-refractivity contribution in [3.63, 3.8) is 0 Å². The van der Waals surface area contributed by atoms with Gasteiger partial charge in [-0.25, -0.2) is 4.79 Å². The Morgan fingerprint density at radius 2 is 2.00 bits per heavy atom. The first kappa shape index (κ1) is 26.4. The number of hydrogen-bond acceptors (Lipinski definition) is 6. The number of amides is 2. The largest absolute Gasteiger partial charge is 0.475 e. The van der Waals surface area contributed by atoms with E-state index in [0.29, 0.717) is 25.8 Å². The van der Waals surface area contributed by atoms with E-state index in [1.54, 1.807) is 11.0 Å². The van der Waals surface area contributed by atoms with Crippen molar-refractivity contribution in [2.45, 2.75) is 64.9 Å². The van der Waals surface area contributed by atoms with E-state index >= 15 is 0 Å². The van der Waals surface area contributed by atoms with Crippen LogP contribution in [0, 0.1) is 16.7 Å². The van der Waals surface area contributed by atoms with Crippen molar-refractivity contribution in [1.29, 1.82) is 5.26 Å². The van der Waals surface area contributed by atoms with Crippen LogP contribution in [0.3, 0.4) is 0 Å². The molecule has 1 saturated heterocycles. The van der Waals surface area contributed by atoms with Crippen LogP contribution in [0.1, 0.15) is 52.0 Å². The molecule has 1 aromatic rings. The number of carbonyl (C=O) groups excluding carboxylic acids is 2. The molecular weight excluding hydrogens is 421 g/mol. The predicted molar refractivity (Wildman–Crippen MR) is 126 cm³/mol. The van der Waals surface area contributed by atoms with Gasteiger partial charge in [-0.05, 0) is 43.1 Å². The number of nitrogens with zero attached hydrogens (tertiary/aromatic N) is 2. The van der Waals surface area contributed by atoms with Crippen LogP contribution in [0.25, 0.3) is 0 Å². The Balaban J connectivity index is 1.94. The third-order valence-electron chi connectivity index (χ3n) is 5.47. The fourth-order valence-corrected chi connectivity index (χ4v) is 3.80. The smallest absolute Gasteiger partial charge is 0.447 e. The number of piperidine rings is 1. The highest BCUT2D eigenvalue weighted by Gasteiger charge is 2.31. The van der Waals surface area contributed by atoms with Gasteiger partial charge in [0.05, 0.1) is 12.0 Å². The summed E-state index contributed by atoms with van der Waals surface area (Å²) in [5.41, 5.74) is 0.789. The molecule has 0 aromatic heterocycles. The molecule has 0 unspecified atom stereocenters. The van der Waals surface area contributed by atoms with Gasteiger partial charge in [-0.2, -0.15) is 5.26 Å². The molecule has 0 bridgehead atoms. The van der Waals surface area contributed by atoms with E-state index < -0.39 is 19.2 Å². The molecule has 1 aliphatic heterocycles. The second kappa shape index (κ2) is 12.4. The molecule has 1 aliphatic rings. The van der Waals surface area contributed by atoms with Crippen LogP contribution < -0.4 is 5.32 Å². The molecule has 0 saturated carbocycles. The second-order valence-electron chi connectivity index (χ2n) is 9.47. The summed E-state index contributed by atoms with van der Waals surface area (Å²) in [5.74, 6) is -1.24. The van der Waals surface area contributed by atoms with Gasteiger partial charge in [0, 0.05) is 6.54 Å². The molecule has 2 rings (SSSR count). The van der Waals surface area contributed by atoms with Crippen molar-refractivity contribution < 1.29 is 24.4 Å². The first-order valence-electron chi connectivity index (χ1n) is 11.4. The number of carbonyl (C=O) groups is 2. The lowest BCUT2D eigenvalue weighted by Crippen LogP contribution is -2.50. The standard InChI is InChI=1S/C24H34BN3O5/c1-24(2,3)15-19(16-26)22(29)28-14-8-7-11-20(28)17-33-23(30)27-21(25(31)32)13-12-18-9-5-4-6-10-18/h4-6,9-10,15,20-21,31-32H,7-8,11-14,17H2,1-3H3,(H,27,30)/t20-,21+/m1/s1. The van der Waals surface area contributed by atoms with Crippen LogP contribution in [0.2, 0.25) is 0 Å². The van der Waals surface area contributed by atoms with Crippen molar-refractivity contribution in [3.05, 3.63) is 47.5 Å². The van der Waals surface area contributed by atoms with Crippen LogP contribution in [0.5, 0.6) is 0 Å². The maximum atomic E-state index is 13.0. The molecule has 0 aliphatic carbocycles. The van der Waals surface area contributed by atoms with Crippen molar-refractivity contribution >= 4 is 19.1 Å². The van der Waals surface area contributed by atoms with E-state index in [0.717, 1.165) is 18.4 Å². The summed E-state index contributed by atoms with van der Waals surface area (Å²) in [7, 11) is -1.73. The number of alkyl carbamates (subject to hydrolysis) is 1. The molecule has 1 heterocycles. The van der Waals surface area contributed by atoms with Crippen molar-refractivity contribution in [1.82, 2.24) is 10.2 Å². The Hall–Kier alpha value is -2.83. The van der Waals surface area contributed by atoms with Gasteiger partial charge in [-0.15, -0.1) is 0 Å². The molecule has 1 aromatic carbocycles. The van der Waals surface area contributed by atoms with E-state index in [2.05, 4.69) is 5.32 Å². The number of likely N-dealkylation sites (tertiary alicyclic amines) is 1. The number of nitriles is 1. The summed E-state index contributed by atoms with van der Waals surface area (Å²) >= 11 is 0. The molecule has 2 amide bonds. The van der Waals surface area contributed by atoms with Gasteiger partial charge in [0.15, 0.2) is 0 Å². The van der Waals surface area contributed by atoms with Gasteiger partial charge >= 0.3 is 13.2 Å². The van der Waals surface area contributed by atoms with Crippen molar-refractivity contribution in [3.8, 4) is 6.07 Å². The second-order valence-corrected chi connectivity index (χ2v) is 9.47. The Morgan fingerprint density at radius 3 is 2.61 bits per heavy atom. The Bertz CT molecular complexity index is 861. The van der Waals surface area contributed by atoms with Crippen LogP contribution in [0.4, 0.5) is 4.79 Å². The van der Waals surface area contributed by atoms with E-state index in [9.17, 15) is 24.9 Å². The molecule has 9 heteroatoms. The zero-order chi connectivity index (χ0) is 24.4. The highest BCUT2D eigenvalue weighted by atomic mass is 16.5.